The van der Waals surface area contributed by atoms with Crippen LogP contribution in [0.3, 0.4) is 0 Å². The number of aromatic nitrogens is 1. The van der Waals surface area contributed by atoms with Crippen LogP contribution >= 0.6 is 11.9 Å². The van der Waals surface area contributed by atoms with E-state index in [4.69, 9.17) is 4.74 Å². The Bertz CT molecular complexity index is 886. The van der Waals surface area contributed by atoms with Crippen LogP contribution in [0.5, 0.6) is 5.75 Å². The third-order valence-corrected chi connectivity index (χ3v) is 6.13. The van der Waals surface area contributed by atoms with Crippen LogP contribution < -0.4 is 15.4 Å². The third-order valence-electron chi connectivity index (χ3n) is 5.17. The van der Waals surface area contributed by atoms with E-state index < -0.39 is 0 Å². The summed E-state index contributed by atoms with van der Waals surface area (Å²) in [5.74, 6) is 0.682. The van der Waals surface area contributed by atoms with Crippen molar-refractivity contribution in [3.8, 4) is 5.75 Å². The Morgan fingerprint density at radius 1 is 1.28 bits per heavy atom. The lowest BCUT2D eigenvalue weighted by Gasteiger charge is -2.15. The molecule has 1 amide bonds. The van der Waals surface area contributed by atoms with Crippen LogP contribution in [0, 0.1) is 0 Å². The SMILES string of the molecule is CNCc1cc(C2=CCCCC2)n(Sc2cccc(OCC(=O)NC3CC3)c2)c1. The van der Waals surface area contributed by atoms with Crippen LogP contribution in [0.1, 0.15) is 49.8 Å². The highest BCUT2D eigenvalue weighted by Gasteiger charge is 2.23. The molecule has 2 aliphatic carbocycles. The number of hydrogen-bond donors (Lipinski definition) is 2. The average Bonchev–Trinajstić information content (AvgIpc) is 3.46. The summed E-state index contributed by atoms with van der Waals surface area (Å²) >= 11 is 1.69. The number of amides is 1. The zero-order chi connectivity index (χ0) is 20.1. The van der Waals surface area contributed by atoms with Crippen LogP contribution in [0.25, 0.3) is 5.57 Å². The van der Waals surface area contributed by atoms with Crippen LogP contribution in [-0.4, -0.2) is 29.6 Å². The smallest absolute Gasteiger partial charge is 0.258 e. The molecule has 1 fully saturated rings. The summed E-state index contributed by atoms with van der Waals surface area (Å²) in [5, 5.41) is 6.20. The number of rotatable bonds is 9. The number of nitrogens with zero attached hydrogens (tertiary/aromatic N) is 1. The van der Waals surface area contributed by atoms with Gasteiger partial charge in [0.05, 0.1) is 5.69 Å². The fourth-order valence-corrected chi connectivity index (χ4v) is 4.55. The fraction of sp³-hybridized carbons (Fsp3) is 0.435. The Morgan fingerprint density at radius 2 is 2.17 bits per heavy atom. The van der Waals surface area contributed by atoms with Crippen LogP contribution in [0.15, 0.2) is 47.5 Å². The van der Waals surface area contributed by atoms with Crippen molar-refractivity contribution in [1.82, 2.24) is 14.6 Å². The van der Waals surface area contributed by atoms with E-state index in [2.05, 4.69) is 39.0 Å². The zero-order valence-corrected chi connectivity index (χ0v) is 17.8. The monoisotopic (exact) mass is 411 g/mol. The molecule has 1 aromatic carbocycles. The lowest BCUT2D eigenvalue weighted by atomic mass is 9.97. The van der Waals surface area contributed by atoms with E-state index in [0.717, 1.165) is 36.5 Å². The maximum Gasteiger partial charge on any atom is 0.258 e. The minimum absolute atomic E-state index is 0.0424. The molecule has 0 spiro atoms. The molecular weight excluding hydrogens is 382 g/mol. The summed E-state index contributed by atoms with van der Waals surface area (Å²) in [6.07, 6.45) is 11.6. The topological polar surface area (TPSA) is 55.3 Å². The molecule has 0 aliphatic heterocycles. The Kier molecular flexibility index (Phi) is 6.62. The first kappa shape index (κ1) is 20.1. The predicted octanol–water partition coefficient (Wildman–Crippen LogP) is 4.38. The van der Waals surface area contributed by atoms with E-state index in [1.54, 1.807) is 11.9 Å². The van der Waals surface area contributed by atoms with Gasteiger partial charge in [-0.3, -0.25) is 8.77 Å². The molecule has 2 N–H and O–H groups in total. The van der Waals surface area contributed by atoms with Gasteiger partial charge in [0.25, 0.3) is 5.91 Å². The molecule has 2 aromatic rings. The van der Waals surface area contributed by atoms with Crippen molar-refractivity contribution in [2.45, 2.75) is 56.0 Å². The first-order valence-electron chi connectivity index (χ1n) is 10.5. The van der Waals surface area contributed by atoms with Gasteiger partial charge in [-0.2, -0.15) is 0 Å². The van der Waals surface area contributed by atoms with Gasteiger partial charge in [-0.05, 0) is 92.9 Å². The lowest BCUT2D eigenvalue weighted by Crippen LogP contribution is -2.30. The summed E-state index contributed by atoms with van der Waals surface area (Å²) in [6, 6.07) is 10.6. The van der Waals surface area contributed by atoms with Crippen LogP contribution in [0.4, 0.5) is 0 Å². The first-order valence-corrected chi connectivity index (χ1v) is 11.2. The van der Waals surface area contributed by atoms with E-state index >= 15 is 0 Å². The summed E-state index contributed by atoms with van der Waals surface area (Å²) in [4.78, 5) is 13.0. The molecule has 2 aliphatic rings. The highest BCUT2D eigenvalue weighted by atomic mass is 32.2. The van der Waals surface area contributed by atoms with Crippen molar-refractivity contribution in [2.75, 3.05) is 13.7 Å². The van der Waals surface area contributed by atoms with Crippen molar-refractivity contribution in [1.29, 1.82) is 0 Å². The van der Waals surface area contributed by atoms with Gasteiger partial charge in [0, 0.05) is 23.7 Å². The maximum absolute atomic E-state index is 11.9. The highest BCUT2D eigenvalue weighted by Crippen LogP contribution is 2.33. The maximum atomic E-state index is 11.9. The van der Waals surface area contributed by atoms with Gasteiger partial charge in [0.2, 0.25) is 0 Å². The van der Waals surface area contributed by atoms with E-state index in [1.165, 1.54) is 36.1 Å². The molecule has 1 heterocycles. The third kappa shape index (κ3) is 5.67. The zero-order valence-electron chi connectivity index (χ0n) is 16.9. The van der Waals surface area contributed by atoms with Gasteiger partial charge in [-0.25, -0.2) is 0 Å². The quantitative estimate of drug-likeness (QED) is 0.643. The summed E-state index contributed by atoms with van der Waals surface area (Å²) in [7, 11) is 1.98. The molecule has 5 nitrogen and oxygen atoms in total. The molecule has 0 unspecified atom stereocenters. The molecule has 0 saturated heterocycles. The summed E-state index contributed by atoms with van der Waals surface area (Å²) in [5.41, 5.74) is 4.01. The molecule has 0 bridgehead atoms. The van der Waals surface area contributed by atoms with Crippen molar-refractivity contribution < 1.29 is 9.53 Å². The van der Waals surface area contributed by atoms with Gasteiger partial charge in [0.15, 0.2) is 6.61 Å². The predicted molar refractivity (Wildman–Crippen MR) is 118 cm³/mol. The molecule has 0 radical (unpaired) electrons. The fourth-order valence-electron chi connectivity index (χ4n) is 3.56. The standard InChI is InChI=1S/C23H29N3O2S/c1-24-14-17-12-22(18-6-3-2-4-7-18)26(15-17)29-21-9-5-8-20(13-21)28-16-23(27)25-19-10-11-19/h5-6,8-9,12-13,15,19,24H,2-4,7,10-11,14,16H2,1H3,(H,25,27). The number of carbonyl (C=O) groups excluding carboxylic acids is 1. The number of allylic oxidation sites excluding steroid dienone is 2. The number of carbonyl (C=O) groups is 1. The summed E-state index contributed by atoms with van der Waals surface area (Å²) in [6.45, 7) is 0.922. The van der Waals surface area contributed by atoms with Gasteiger partial charge in [-0.15, -0.1) is 0 Å². The van der Waals surface area contributed by atoms with Gasteiger partial charge in [0.1, 0.15) is 5.75 Å². The number of ether oxygens (including phenoxy) is 1. The van der Waals surface area contributed by atoms with E-state index in [1.807, 2.05) is 25.2 Å². The van der Waals surface area contributed by atoms with Crippen molar-refractivity contribution >= 4 is 23.4 Å². The number of benzene rings is 1. The second kappa shape index (κ2) is 9.55. The van der Waals surface area contributed by atoms with Crippen molar-refractivity contribution in [3.63, 3.8) is 0 Å². The Morgan fingerprint density at radius 3 is 2.93 bits per heavy atom. The summed E-state index contributed by atoms with van der Waals surface area (Å²) < 4.78 is 7.98. The van der Waals surface area contributed by atoms with E-state index in [9.17, 15) is 4.79 Å². The minimum atomic E-state index is -0.0424. The molecule has 0 atom stereocenters. The largest absolute Gasteiger partial charge is 0.484 e. The Hall–Kier alpha value is -2.18. The molecule has 6 heteroatoms. The van der Waals surface area contributed by atoms with Gasteiger partial charge < -0.3 is 15.4 Å². The van der Waals surface area contributed by atoms with Crippen LogP contribution in [0.2, 0.25) is 0 Å². The molecule has 1 aromatic heterocycles. The molecular formula is C23H29N3O2S. The second-order valence-electron chi connectivity index (χ2n) is 7.76. The Balaban J connectivity index is 1.46. The second-order valence-corrected chi connectivity index (χ2v) is 8.81. The lowest BCUT2D eigenvalue weighted by molar-refractivity contribution is -0.123. The Labute approximate surface area is 177 Å². The highest BCUT2D eigenvalue weighted by molar-refractivity contribution is 7.97. The molecule has 1 saturated carbocycles. The first-order chi connectivity index (χ1) is 14.2. The van der Waals surface area contributed by atoms with Gasteiger partial charge in [-0.1, -0.05) is 12.1 Å². The normalized spacial score (nSPS) is 16.4. The van der Waals surface area contributed by atoms with Crippen molar-refractivity contribution in [2.24, 2.45) is 0 Å². The minimum Gasteiger partial charge on any atom is -0.484 e. The van der Waals surface area contributed by atoms with Crippen molar-refractivity contribution in [3.05, 3.63) is 53.9 Å². The van der Waals surface area contributed by atoms with Crippen LogP contribution in [-0.2, 0) is 11.3 Å². The molecule has 154 valence electrons. The molecule has 29 heavy (non-hydrogen) atoms. The van der Waals surface area contributed by atoms with Gasteiger partial charge >= 0.3 is 0 Å². The molecule has 4 rings (SSSR count). The number of hydrogen-bond acceptors (Lipinski definition) is 4. The average molecular weight is 412 g/mol. The van der Waals surface area contributed by atoms with E-state index in [-0.39, 0.29) is 12.5 Å². The number of nitrogens with one attached hydrogen (secondary N) is 2. The van der Waals surface area contributed by atoms with E-state index in [0.29, 0.717) is 6.04 Å².